The smallest absolute Gasteiger partial charge is 0.253 e. The third kappa shape index (κ3) is 5.68. The first-order valence-electron chi connectivity index (χ1n) is 10.9. The number of hydrogen-bond acceptors (Lipinski definition) is 8. The summed E-state index contributed by atoms with van der Waals surface area (Å²) in [5.41, 5.74) is 7.11. The average molecular weight is 427 g/mol. The fraction of sp³-hybridized carbons (Fsp3) is 0.500. The maximum absolute atomic E-state index is 12.4. The summed E-state index contributed by atoms with van der Waals surface area (Å²) in [6, 6.07) is 7.03. The molecular weight excluding hydrogens is 396 g/mol. The second-order valence-corrected chi connectivity index (χ2v) is 7.67. The van der Waals surface area contributed by atoms with E-state index in [0.717, 1.165) is 12.8 Å². The maximum Gasteiger partial charge on any atom is 0.253 e. The quantitative estimate of drug-likeness (QED) is 0.560. The lowest BCUT2D eigenvalue weighted by Gasteiger charge is -2.21. The van der Waals surface area contributed by atoms with Crippen molar-refractivity contribution in [1.29, 1.82) is 0 Å². The second kappa shape index (κ2) is 10.7. The van der Waals surface area contributed by atoms with Crippen LogP contribution >= 0.6 is 0 Å². The van der Waals surface area contributed by atoms with Crippen molar-refractivity contribution in [3.05, 3.63) is 34.7 Å². The van der Waals surface area contributed by atoms with E-state index in [1.54, 1.807) is 29.2 Å². The van der Waals surface area contributed by atoms with E-state index < -0.39 is 0 Å². The molecule has 1 heterocycles. The number of carbonyl (C=O) groups is 1. The molecule has 9 heteroatoms. The molecule has 1 aromatic carbocycles. The minimum atomic E-state index is -0.0819. The zero-order valence-electron chi connectivity index (χ0n) is 18.1. The van der Waals surface area contributed by atoms with Gasteiger partial charge in [-0.15, -0.1) is 4.91 Å². The summed E-state index contributed by atoms with van der Waals surface area (Å²) < 4.78 is 5.81. The van der Waals surface area contributed by atoms with Gasteiger partial charge in [-0.3, -0.25) is 4.79 Å². The van der Waals surface area contributed by atoms with Gasteiger partial charge in [0.05, 0.1) is 6.61 Å². The fourth-order valence-corrected chi connectivity index (χ4v) is 3.76. The zero-order valence-corrected chi connectivity index (χ0v) is 18.1. The van der Waals surface area contributed by atoms with Crippen LogP contribution in [-0.4, -0.2) is 40.5 Å². The predicted molar refractivity (Wildman–Crippen MR) is 121 cm³/mol. The number of nitrogens with one attached hydrogen (secondary N) is 1. The van der Waals surface area contributed by atoms with Crippen LogP contribution in [0.1, 0.15) is 56.3 Å². The molecule has 0 atom stereocenters. The van der Waals surface area contributed by atoms with Gasteiger partial charge >= 0.3 is 0 Å². The fourth-order valence-electron chi connectivity index (χ4n) is 3.76. The minimum Gasteiger partial charge on any atom is -0.476 e. The number of nitrogens with two attached hydrogens (primary N) is 1. The third-order valence-corrected chi connectivity index (χ3v) is 5.59. The summed E-state index contributed by atoms with van der Waals surface area (Å²) in [6.45, 7) is 5.68. The molecule has 0 bridgehead atoms. The van der Waals surface area contributed by atoms with Gasteiger partial charge in [-0.2, -0.15) is 9.97 Å². The van der Waals surface area contributed by atoms with E-state index in [1.807, 2.05) is 13.8 Å². The van der Waals surface area contributed by atoms with Crippen molar-refractivity contribution in [3.63, 3.8) is 0 Å². The molecule has 0 saturated heterocycles. The van der Waals surface area contributed by atoms with Gasteiger partial charge < -0.3 is 20.7 Å². The van der Waals surface area contributed by atoms with Crippen LogP contribution in [0.3, 0.4) is 0 Å². The predicted octanol–water partition coefficient (Wildman–Crippen LogP) is 4.64. The average Bonchev–Trinajstić information content (AvgIpc) is 2.79. The van der Waals surface area contributed by atoms with Crippen LogP contribution in [-0.2, 0) is 0 Å². The van der Waals surface area contributed by atoms with Crippen molar-refractivity contribution >= 4 is 29.0 Å². The molecule has 0 spiro atoms. The Hall–Kier alpha value is -3.23. The number of benzene rings is 1. The van der Waals surface area contributed by atoms with Crippen molar-refractivity contribution in [1.82, 2.24) is 14.9 Å². The first kappa shape index (κ1) is 22.5. The maximum atomic E-state index is 12.4. The Morgan fingerprint density at radius 1 is 1.16 bits per heavy atom. The lowest BCUT2D eigenvalue weighted by atomic mass is 9.90. The van der Waals surface area contributed by atoms with E-state index in [1.165, 1.54) is 19.3 Å². The van der Waals surface area contributed by atoms with Crippen molar-refractivity contribution in [3.8, 4) is 5.88 Å². The van der Waals surface area contributed by atoms with Crippen LogP contribution in [0, 0.1) is 10.8 Å². The number of nitroso groups, excluding NO2 is 1. The van der Waals surface area contributed by atoms with Crippen LogP contribution in [0.25, 0.3) is 0 Å². The molecule has 1 aliphatic rings. The molecule has 0 radical (unpaired) electrons. The highest BCUT2D eigenvalue weighted by Gasteiger charge is 2.19. The van der Waals surface area contributed by atoms with Crippen LogP contribution in [0.4, 0.5) is 23.1 Å². The van der Waals surface area contributed by atoms with E-state index in [4.69, 9.17) is 10.5 Å². The molecule has 31 heavy (non-hydrogen) atoms. The topological polar surface area (TPSA) is 123 Å². The Kier molecular flexibility index (Phi) is 7.75. The molecule has 1 aromatic heterocycles. The molecule has 1 aliphatic carbocycles. The first-order valence-corrected chi connectivity index (χ1v) is 10.9. The van der Waals surface area contributed by atoms with Crippen LogP contribution in [0.5, 0.6) is 5.88 Å². The summed E-state index contributed by atoms with van der Waals surface area (Å²) in [5, 5.41) is 6.00. The van der Waals surface area contributed by atoms with Crippen LogP contribution in [0.15, 0.2) is 29.4 Å². The molecule has 0 unspecified atom stereocenters. The summed E-state index contributed by atoms with van der Waals surface area (Å²) in [5.74, 6) is 0.670. The molecule has 3 N–H and O–H groups in total. The number of rotatable bonds is 9. The van der Waals surface area contributed by atoms with Gasteiger partial charge in [0, 0.05) is 24.3 Å². The summed E-state index contributed by atoms with van der Waals surface area (Å²) in [6.07, 6.45) is 5.85. The number of ether oxygens (including phenoxy) is 1. The second-order valence-electron chi connectivity index (χ2n) is 7.67. The highest BCUT2D eigenvalue weighted by molar-refractivity contribution is 5.94. The van der Waals surface area contributed by atoms with Crippen molar-refractivity contribution in [2.45, 2.75) is 46.0 Å². The van der Waals surface area contributed by atoms with Crippen molar-refractivity contribution in [2.24, 2.45) is 11.1 Å². The van der Waals surface area contributed by atoms with Gasteiger partial charge in [-0.25, -0.2) is 0 Å². The highest BCUT2D eigenvalue weighted by atomic mass is 16.5. The van der Waals surface area contributed by atoms with Gasteiger partial charge in [0.15, 0.2) is 5.82 Å². The standard InChI is InChI=1S/C22H30N6O3/c1-3-28(4-2)21(29)16-10-12-17(13-11-16)24-22-25-19(23)18(27-30)20(26-22)31-14-15-8-6-5-7-9-15/h10-13,15H,3-9,14H2,1-2H3,(H3,23,24,25,26). The van der Waals surface area contributed by atoms with E-state index in [9.17, 15) is 9.70 Å². The van der Waals surface area contributed by atoms with Crippen molar-refractivity contribution in [2.75, 3.05) is 30.7 Å². The highest BCUT2D eigenvalue weighted by Crippen LogP contribution is 2.33. The third-order valence-electron chi connectivity index (χ3n) is 5.59. The number of carbonyl (C=O) groups excluding carboxylic acids is 1. The lowest BCUT2D eigenvalue weighted by Crippen LogP contribution is -2.30. The number of nitrogens with zero attached hydrogens (tertiary/aromatic N) is 4. The molecule has 166 valence electrons. The monoisotopic (exact) mass is 426 g/mol. The first-order chi connectivity index (χ1) is 15.0. The van der Waals surface area contributed by atoms with Gasteiger partial charge in [-0.1, -0.05) is 19.3 Å². The Morgan fingerprint density at radius 2 is 1.84 bits per heavy atom. The van der Waals surface area contributed by atoms with Crippen LogP contribution in [0.2, 0.25) is 0 Å². The van der Waals surface area contributed by atoms with E-state index >= 15 is 0 Å². The minimum absolute atomic E-state index is 0.0168. The normalized spacial score (nSPS) is 14.1. The van der Waals surface area contributed by atoms with Gasteiger partial charge in [0.1, 0.15) is 0 Å². The molecule has 3 rings (SSSR count). The van der Waals surface area contributed by atoms with Gasteiger partial charge in [0.2, 0.25) is 11.6 Å². The summed E-state index contributed by atoms with van der Waals surface area (Å²) in [4.78, 5) is 33.8. The summed E-state index contributed by atoms with van der Waals surface area (Å²) in [7, 11) is 0. The van der Waals surface area contributed by atoms with Crippen LogP contribution < -0.4 is 15.8 Å². The SMILES string of the molecule is CCN(CC)C(=O)c1ccc(Nc2nc(N)c(N=O)c(OCC3CCCCC3)n2)cc1. The molecule has 2 aromatic rings. The summed E-state index contributed by atoms with van der Waals surface area (Å²) >= 11 is 0. The number of hydrogen-bond donors (Lipinski definition) is 2. The number of aromatic nitrogens is 2. The number of nitrogen functional groups attached to an aromatic ring is 1. The Morgan fingerprint density at radius 3 is 2.45 bits per heavy atom. The molecular formula is C22H30N6O3. The Balaban J connectivity index is 1.72. The number of anilines is 3. The largest absolute Gasteiger partial charge is 0.476 e. The van der Waals surface area contributed by atoms with E-state index in [0.29, 0.717) is 36.9 Å². The molecule has 0 aliphatic heterocycles. The molecule has 1 amide bonds. The van der Waals surface area contributed by atoms with E-state index in [-0.39, 0.29) is 29.2 Å². The molecule has 9 nitrogen and oxygen atoms in total. The lowest BCUT2D eigenvalue weighted by molar-refractivity contribution is 0.0773. The molecule has 1 saturated carbocycles. The van der Waals surface area contributed by atoms with Crippen molar-refractivity contribution < 1.29 is 9.53 Å². The van der Waals surface area contributed by atoms with E-state index in [2.05, 4.69) is 20.5 Å². The Labute approximate surface area is 182 Å². The number of amides is 1. The zero-order chi connectivity index (χ0) is 22.2. The van der Waals surface area contributed by atoms with Gasteiger partial charge in [-0.05, 0) is 62.0 Å². The molecule has 1 fully saturated rings. The van der Waals surface area contributed by atoms with Gasteiger partial charge in [0.25, 0.3) is 11.8 Å². The Bertz CT molecular complexity index is 893.